The van der Waals surface area contributed by atoms with Crippen molar-refractivity contribution in [2.24, 2.45) is 100 Å². The smallest absolute Gasteiger partial charge is 0.101 e. The van der Waals surface area contributed by atoms with Crippen LogP contribution in [-0.2, 0) is 0 Å². The van der Waals surface area contributed by atoms with Crippen LogP contribution in [0.4, 0.5) is 0 Å². The molecule has 2 saturated carbocycles. The highest BCUT2D eigenvalue weighted by atomic mass is 32.1. The quantitative estimate of drug-likeness (QED) is 0.270. The normalized spacial score (nSPS) is 55.4. The third-order valence-electron chi connectivity index (χ3n) is 15.3. The van der Waals surface area contributed by atoms with E-state index in [0.29, 0.717) is 52.1 Å². The van der Waals surface area contributed by atoms with Gasteiger partial charge in [-0.2, -0.15) is 12.6 Å². The molecular weight excluding hydrogens is 463 g/mol. The van der Waals surface area contributed by atoms with Gasteiger partial charge in [0.1, 0.15) is 7.85 Å². The second-order valence-electron chi connectivity index (χ2n) is 15.6. The number of hydrogen-bond acceptors (Lipinski definition) is 1. The van der Waals surface area contributed by atoms with Gasteiger partial charge in [-0.25, -0.2) is 0 Å². The average Bonchev–Trinajstić information content (AvgIpc) is 2.89. The van der Waals surface area contributed by atoms with Crippen LogP contribution in [-0.4, -0.2) is 13.1 Å². The summed E-state index contributed by atoms with van der Waals surface area (Å²) in [6.45, 7) is 38.8. The lowest BCUT2D eigenvalue weighted by atomic mass is 9.56. The second kappa shape index (κ2) is 12.9. The Hall–Kier alpha value is 0.415. The predicted octanol–water partition coefficient (Wildman–Crippen LogP) is 9.90. The first kappa shape index (κ1) is 33.6. The zero-order valence-corrected chi connectivity index (χ0v) is 29.1. The zero-order valence-electron chi connectivity index (χ0n) is 28.2. The molecule has 0 radical (unpaired) electrons. The van der Waals surface area contributed by atoms with Gasteiger partial charge in [0.05, 0.1) is 0 Å². The van der Waals surface area contributed by atoms with E-state index >= 15 is 0 Å². The van der Waals surface area contributed by atoms with Crippen LogP contribution in [0.25, 0.3) is 0 Å². The first-order valence-electron chi connectivity index (χ1n) is 16.7. The van der Waals surface area contributed by atoms with Crippen LogP contribution in [0.1, 0.15) is 110 Å². The van der Waals surface area contributed by atoms with Gasteiger partial charge >= 0.3 is 0 Å². The average molecular weight is 533 g/mol. The Balaban J connectivity index is 2.64. The second-order valence-corrected chi connectivity index (χ2v) is 16.2. The third-order valence-corrected chi connectivity index (χ3v) is 16.0. The van der Waals surface area contributed by atoms with E-state index in [4.69, 9.17) is 12.6 Å². The van der Waals surface area contributed by atoms with Crippen LogP contribution in [0.3, 0.4) is 0 Å². The molecule has 218 valence electrons. The van der Waals surface area contributed by atoms with E-state index in [1.54, 1.807) is 0 Å². The maximum atomic E-state index is 5.78. The first-order chi connectivity index (χ1) is 17.0. The van der Waals surface area contributed by atoms with Gasteiger partial charge in [-0.1, -0.05) is 117 Å². The Labute approximate surface area is 241 Å². The lowest BCUT2D eigenvalue weighted by Gasteiger charge is -2.52. The minimum Gasteiger partial charge on any atom is -0.175 e. The summed E-state index contributed by atoms with van der Waals surface area (Å²) in [4.78, 5) is 0. The third kappa shape index (κ3) is 5.91. The number of rotatable bonds is 4. The molecule has 0 aromatic carbocycles. The van der Waals surface area contributed by atoms with Gasteiger partial charge in [0.15, 0.2) is 0 Å². The maximum Gasteiger partial charge on any atom is 0.101 e. The SMILES string of the molecule is BCC1C(C)C(C)C(C(S)C2C(C)C(C)C(C)C(C)C(C)C(C)C2C)C(C)C(C)C(C)C(C)(CC)C1C. The minimum absolute atomic E-state index is 0.397. The molecule has 2 fully saturated rings. The van der Waals surface area contributed by atoms with Gasteiger partial charge in [-0.15, -0.1) is 0 Å². The van der Waals surface area contributed by atoms with Crippen LogP contribution < -0.4 is 0 Å². The molecule has 0 aliphatic heterocycles. The standard InChI is InChI=1S/C35H69BS/c1-16-35(15)29(13)23(7)27(11)33(28(12)24(8)31(17-36)30(35)14)34(37)32-25(9)21(5)19(3)18(2)20(4)22(6)26(32)10/h18-34,37H,16-17,36H2,1-15H3. The van der Waals surface area contributed by atoms with E-state index in [-0.39, 0.29) is 0 Å². The van der Waals surface area contributed by atoms with E-state index < -0.39 is 0 Å². The summed E-state index contributed by atoms with van der Waals surface area (Å²) < 4.78 is 0. The summed E-state index contributed by atoms with van der Waals surface area (Å²) in [5.41, 5.74) is 0.397. The molecule has 2 rings (SSSR count). The highest BCUT2D eigenvalue weighted by Gasteiger charge is 2.51. The minimum atomic E-state index is 0.397. The number of thiol groups is 1. The lowest BCUT2D eigenvalue weighted by molar-refractivity contribution is -0.00270. The molecule has 0 bridgehead atoms. The molecule has 2 aliphatic rings. The molecule has 16 atom stereocenters. The van der Waals surface area contributed by atoms with Crippen molar-refractivity contribution in [2.75, 3.05) is 0 Å². The van der Waals surface area contributed by atoms with E-state index in [0.717, 1.165) is 53.3 Å². The molecule has 0 N–H and O–H groups in total. The van der Waals surface area contributed by atoms with E-state index in [1.165, 1.54) is 12.7 Å². The fraction of sp³-hybridized carbons (Fsp3) is 1.00. The zero-order chi connectivity index (χ0) is 28.7. The summed E-state index contributed by atoms with van der Waals surface area (Å²) >= 11 is 5.78. The van der Waals surface area contributed by atoms with Crippen LogP contribution in [0.2, 0.25) is 6.32 Å². The van der Waals surface area contributed by atoms with Gasteiger partial charge in [0.25, 0.3) is 0 Å². The molecule has 16 unspecified atom stereocenters. The van der Waals surface area contributed by atoms with Gasteiger partial charge in [-0.3, -0.25) is 0 Å². The Morgan fingerprint density at radius 3 is 1.22 bits per heavy atom. The molecule has 0 aromatic heterocycles. The van der Waals surface area contributed by atoms with Crippen molar-refractivity contribution >= 4 is 20.5 Å². The van der Waals surface area contributed by atoms with Crippen LogP contribution in [0.15, 0.2) is 0 Å². The van der Waals surface area contributed by atoms with Crippen molar-refractivity contribution in [3.63, 3.8) is 0 Å². The molecular formula is C35H69BS. The van der Waals surface area contributed by atoms with Crippen molar-refractivity contribution in [3.05, 3.63) is 0 Å². The molecule has 0 saturated heterocycles. The van der Waals surface area contributed by atoms with Gasteiger partial charge < -0.3 is 0 Å². The first-order valence-corrected chi connectivity index (χ1v) is 17.2. The highest BCUT2D eigenvalue weighted by molar-refractivity contribution is 7.81. The topological polar surface area (TPSA) is 0 Å². The fourth-order valence-electron chi connectivity index (χ4n) is 10.4. The highest BCUT2D eigenvalue weighted by Crippen LogP contribution is 2.57. The van der Waals surface area contributed by atoms with Gasteiger partial charge in [0.2, 0.25) is 0 Å². The van der Waals surface area contributed by atoms with E-state index in [2.05, 4.69) is 112 Å². The largest absolute Gasteiger partial charge is 0.175 e. The van der Waals surface area contributed by atoms with Crippen molar-refractivity contribution in [2.45, 2.75) is 122 Å². The number of hydrogen-bond donors (Lipinski definition) is 1. The van der Waals surface area contributed by atoms with E-state index in [9.17, 15) is 0 Å². The van der Waals surface area contributed by atoms with Gasteiger partial charge in [0, 0.05) is 5.25 Å². The van der Waals surface area contributed by atoms with Crippen molar-refractivity contribution < 1.29 is 0 Å². The molecule has 0 nitrogen and oxygen atoms in total. The molecule has 0 aromatic rings. The predicted molar refractivity (Wildman–Crippen MR) is 174 cm³/mol. The van der Waals surface area contributed by atoms with Crippen molar-refractivity contribution in [1.29, 1.82) is 0 Å². The Morgan fingerprint density at radius 1 is 0.541 bits per heavy atom. The molecule has 0 amide bonds. The summed E-state index contributed by atoms with van der Waals surface area (Å²) in [6, 6.07) is 0. The summed E-state index contributed by atoms with van der Waals surface area (Å²) in [7, 11) is 2.47. The molecule has 2 aliphatic carbocycles. The summed E-state index contributed by atoms with van der Waals surface area (Å²) in [5, 5.41) is 0.462. The molecule has 37 heavy (non-hydrogen) atoms. The van der Waals surface area contributed by atoms with Crippen LogP contribution >= 0.6 is 12.6 Å². The van der Waals surface area contributed by atoms with Crippen LogP contribution in [0.5, 0.6) is 0 Å². The molecule has 0 spiro atoms. The summed E-state index contributed by atoms with van der Waals surface area (Å²) in [5.74, 6) is 11.7. The van der Waals surface area contributed by atoms with Crippen molar-refractivity contribution in [3.8, 4) is 0 Å². The fourth-order valence-corrected chi connectivity index (χ4v) is 11.5. The summed E-state index contributed by atoms with van der Waals surface area (Å²) in [6.07, 6.45) is 2.59. The Kier molecular flexibility index (Phi) is 11.8. The Bertz CT molecular complexity index is 681. The van der Waals surface area contributed by atoms with Crippen molar-refractivity contribution in [1.82, 2.24) is 0 Å². The monoisotopic (exact) mass is 533 g/mol. The van der Waals surface area contributed by atoms with E-state index in [1.807, 2.05) is 0 Å². The maximum absolute atomic E-state index is 5.78. The molecule has 0 heterocycles. The molecule has 2 heteroatoms. The van der Waals surface area contributed by atoms with Crippen LogP contribution in [0, 0.1) is 100 Å². The lowest BCUT2D eigenvalue weighted by Crippen LogP contribution is -2.48. The Morgan fingerprint density at radius 2 is 0.865 bits per heavy atom. The van der Waals surface area contributed by atoms with Gasteiger partial charge in [-0.05, 0) is 100 Å².